The van der Waals surface area contributed by atoms with Crippen molar-refractivity contribution in [1.82, 2.24) is 0 Å². The first-order chi connectivity index (χ1) is 6.41. The van der Waals surface area contributed by atoms with E-state index in [0.717, 1.165) is 11.3 Å². The lowest BCUT2D eigenvalue weighted by Crippen LogP contribution is -2.08. The molecule has 0 aliphatic heterocycles. The molecule has 2 nitrogen and oxygen atoms in total. The van der Waals surface area contributed by atoms with Crippen LogP contribution >= 0.6 is 0 Å². The zero-order chi connectivity index (χ0) is 11.1. The topological polar surface area (TPSA) is 29.4 Å². The van der Waals surface area contributed by atoms with Crippen LogP contribution in [0.4, 0.5) is 0 Å². The Kier molecular flexibility index (Phi) is 6.09. The molecule has 0 fully saturated rings. The molecule has 0 aromatic rings. The third kappa shape index (κ3) is 7.71. The van der Waals surface area contributed by atoms with Crippen molar-refractivity contribution in [1.29, 1.82) is 0 Å². The standard InChI is InChI=1S/C12H21NO/c1-9(2)6-12(14)7-11(5)13-8-10(3)4/h9H,3,6-8H2,1-2,4-5H3. The summed E-state index contributed by atoms with van der Waals surface area (Å²) in [5, 5.41) is 0. The largest absolute Gasteiger partial charge is 0.299 e. The van der Waals surface area contributed by atoms with Crippen LogP contribution in [0, 0.1) is 5.92 Å². The minimum atomic E-state index is 0.281. The van der Waals surface area contributed by atoms with E-state index in [2.05, 4.69) is 25.4 Å². The molecule has 80 valence electrons. The van der Waals surface area contributed by atoms with Gasteiger partial charge in [0, 0.05) is 18.6 Å². The number of aliphatic imine (C=N–C) groups is 1. The molecule has 2 heteroatoms. The van der Waals surface area contributed by atoms with Crippen molar-refractivity contribution in [2.75, 3.05) is 6.54 Å². The van der Waals surface area contributed by atoms with Crippen LogP contribution in [-0.2, 0) is 4.79 Å². The second-order valence-corrected chi connectivity index (χ2v) is 4.32. The van der Waals surface area contributed by atoms with E-state index >= 15 is 0 Å². The minimum absolute atomic E-state index is 0.281. The summed E-state index contributed by atoms with van der Waals surface area (Å²) < 4.78 is 0. The summed E-state index contributed by atoms with van der Waals surface area (Å²) in [7, 11) is 0. The van der Waals surface area contributed by atoms with Crippen molar-refractivity contribution < 1.29 is 4.79 Å². The molecule has 0 radical (unpaired) electrons. The van der Waals surface area contributed by atoms with Crippen molar-refractivity contribution in [2.45, 2.75) is 40.5 Å². The summed E-state index contributed by atoms with van der Waals surface area (Å²) in [4.78, 5) is 15.7. The number of nitrogens with zero attached hydrogens (tertiary/aromatic N) is 1. The number of hydrogen-bond donors (Lipinski definition) is 0. The summed E-state index contributed by atoms with van der Waals surface area (Å²) in [5.74, 6) is 0.722. The van der Waals surface area contributed by atoms with E-state index < -0.39 is 0 Å². The van der Waals surface area contributed by atoms with Gasteiger partial charge in [-0.2, -0.15) is 0 Å². The first kappa shape index (κ1) is 13.1. The zero-order valence-corrected chi connectivity index (χ0v) is 9.76. The van der Waals surface area contributed by atoms with Gasteiger partial charge in [-0.25, -0.2) is 0 Å². The van der Waals surface area contributed by atoms with Gasteiger partial charge < -0.3 is 0 Å². The van der Waals surface area contributed by atoms with Crippen LogP contribution in [0.2, 0.25) is 0 Å². The molecule has 0 bridgehead atoms. The molecule has 0 aromatic heterocycles. The monoisotopic (exact) mass is 195 g/mol. The van der Waals surface area contributed by atoms with Gasteiger partial charge in [0.25, 0.3) is 0 Å². The summed E-state index contributed by atoms with van der Waals surface area (Å²) in [6.07, 6.45) is 1.14. The highest BCUT2D eigenvalue weighted by Gasteiger charge is 2.06. The number of ketones is 1. The summed E-state index contributed by atoms with van der Waals surface area (Å²) in [6, 6.07) is 0. The maximum Gasteiger partial charge on any atom is 0.138 e. The molecule has 0 spiro atoms. The number of carbonyl (C=O) groups excluding carboxylic acids is 1. The highest BCUT2D eigenvalue weighted by Crippen LogP contribution is 2.03. The van der Waals surface area contributed by atoms with Crippen LogP contribution in [-0.4, -0.2) is 18.0 Å². The Hall–Kier alpha value is -0.920. The molecule has 0 aliphatic rings. The van der Waals surface area contributed by atoms with Crippen LogP contribution in [0.15, 0.2) is 17.1 Å². The summed E-state index contributed by atoms with van der Waals surface area (Å²) >= 11 is 0. The lowest BCUT2D eigenvalue weighted by atomic mass is 10.0. The van der Waals surface area contributed by atoms with Crippen LogP contribution in [0.5, 0.6) is 0 Å². The molecule has 14 heavy (non-hydrogen) atoms. The van der Waals surface area contributed by atoms with Gasteiger partial charge in [0.05, 0.1) is 6.54 Å². The Morgan fingerprint density at radius 3 is 2.36 bits per heavy atom. The Balaban J connectivity index is 3.92. The fraction of sp³-hybridized carbons (Fsp3) is 0.667. The van der Waals surface area contributed by atoms with E-state index in [0.29, 0.717) is 25.3 Å². The van der Waals surface area contributed by atoms with Crippen molar-refractivity contribution in [3.63, 3.8) is 0 Å². The van der Waals surface area contributed by atoms with Crippen molar-refractivity contribution in [3.8, 4) is 0 Å². The zero-order valence-electron chi connectivity index (χ0n) is 9.76. The van der Waals surface area contributed by atoms with Gasteiger partial charge in [0.15, 0.2) is 0 Å². The molecule has 0 amide bonds. The molecule has 0 N–H and O–H groups in total. The van der Waals surface area contributed by atoms with Gasteiger partial charge >= 0.3 is 0 Å². The molecule has 0 heterocycles. The maximum absolute atomic E-state index is 11.4. The predicted molar refractivity (Wildman–Crippen MR) is 61.9 cm³/mol. The highest BCUT2D eigenvalue weighted by molar-refractivity contribution is 6.00. The van der Waals surface area contributed by atoms with E-state index in [4.69, 9.17) is 0 Å². The molecule has 0 rings (SSSR count). The molecule has 0 aromatic carbocycles. The van der Waals surface area contributed by atoms with Crippen molar-refractivity contribution in [2.24, 2.45) is 10.9 Å². The highest BCUT2D eigenvalue weighted by atomic mass is 16.1. The first-order valence-corrected chi connectivity index (χ1v) is 5.07. The smallest absolute Gasteiger partial charge is 0.138 e. The lowest BCUT2D eigenvalue weighted by Gasteiger charge is -2.03. The van der Waals surface area contributed by atoms with Gasteiger partial charge in [-0.15, -0.1) is 0 Å². The molecule has 0 saturated carbocycles. The van der Waals surface area contributed by atoms with Gasteiger partial charge in [-0.1, -0.05) is 26.0 Å². The summed E-state index contributed by atoms with van der Waals surface area (Å²) in [5.41, 5.74) is 1.94. The van der Waals surface area contributed by atoms with Gasteiger partial charge in [0.2, 0.25) is 0 Å². The van der Waals surface area contributed by atoms with Crippen LogP contribution in [0.25, 0.3) is 0 Å². The SMILES string of the molecule is C=C(C)CN=C(C)CC(=O)CC(C)C. The van der Waals surface area contributed by atoms with Crippen LogP contribution < -0.4 is 0 Å². The normalized spacial score (nSPS) is 11.9. The van der Waals surface area contributed by atoms with Gasteiger partial charge in [-0.3, -0.25) is 9.79 Å². The van der Waals surface area contributed by atoms with Crippen LogP contribution in [0.3, 0.4) is 0 Å². The van der Waals surface area contributed by atoms with E-state index in [9.17, 15) is 4.79 Å². The fourth-order valence-electron chi connectivity index (χ4n) is 1.14. The Morgan fingerprint density at radius 2 is 1.93 bits per heavy atom. The van der Waals surface area contributed by atoms with E-state index in [1.165, 1.54) is 0 Å². The quantitative estimate of drug-likeness (QED) is 0.473. The van der Waals surface area contributed by atoms with E-state index in [1.807, 2.05) is 13.8 Å². The fourth-order valence-corrected chi connectivity index (χ4v) is 1.14. The van der Waals surface area contributed by atoms with E-state index in [1.54, 1.807) is 0 Å². The second-order valence-electron chi connectivity index (χ2n) is 4.32. The Morgan fingerprint density at radius 1 is 1.36 bits per heavy atom. The predicted octanol–water partition coefficient (Wildman–Crippen LogP) is 3.03. The van der Waals surface area contributed by atoms with Gasteiger partial charge in [0.1, 0.15) is 5.78 Å². The average Bonchev–Trinajstić information content (AvgIpc) is 1.98. The average molecular weight is 195 g/mol. The molecular weight excluding hydrogens is 174 g/mol. The van der Waals surface area contributed by atoms with Crippen LogP contribution in [0.1, 0.15) is 40.5 Å². The first-order valence-electron chi connectivity index (χ1n) is 5.07. The van der Waals surface area contributed by atoms with E-state index in [-0.39, 0.29) is 5.78 Å². The molecule has 0 unspecified atom stereocenters. The molecular formula is C12H21NO. The lowest BCUT2D eigenvalue weighted by molar-refractivity contribution is -0.118. The number of rotatable bonds is 6. The summed E-state index contributed by atoms with van der Waals surface area (Å²) in [6.45, 7) is 12.4. The molecule has 0 aliphatic carbocycles. The third-order valence-corrected chi connectivity index (χ3v) is 1.71. The number of hydrogen-bond acceptors (Lipinski definition) is 2. The molecule has 0 saturated heterocycles. The third-order valence-electron chi connectivity index (χ3n) is 1.71. The number of carbonyl (C=O) groups is 1. The number of Topliss-reactive ketones (excluding diaryl/α,β-unsaturated/α-hetero) is 1. The second kappa shape index (κ2) is 6.52. The molecule has 0 atom stereocenters. The minimum Gasteiger partial charge on any atom is -0.299 e. The van der Waals surface area contributed by atoms with Crippen molar-refractivity contribution in [3.05, 3.63) is 12.2 Å². The van der Waals surface area contributed by atoms with Gasteiger partial charge in [-0.05, 0) is 19.8 Å². The Bertz CT molecular complexity index is 239. The maximum atomic E-state index is 11.4. The Labute approximate surface area is 87.1 Å². The van der Waals surface area contributed by atoms with Crippen molar-refractivity contribution >= 4 is 11.5 Å².